The van der Waals surface area contributed by atoms with Gasteiger partial charge in [0.05, 0.1) is 11.4 Å². The number of benzene rings is 2. The Hall–Kier alpha value is -3.42. The number of hydrogen-bond acceptors (Lipinski definition) is 8. The summed E-state index contributed by atoms with van der Waals surface area (Å²) in [5.74, 6) is -1.98. The number of carbonyl (C=O) groups is 2. The average Bonchev–Trinajstić information content (AvgIpc) is 2.48. The molecule has 0 unspecified atom stereocenters. The molecule has 0 spiro atoms. The fourth-order valence-corrected chi connectivity index (χ4v) is 2.28. The SMILES string of the molecule is CC(=O)Oc1cc(Cc2cc(N)c(O)c(OC(C)=O)c2)cc(N)c1O. The number of anilines is 2. The number of ether oxygens (including phenoxy) is 2. The van der Waals surface area contributed by atoms with E-state index in [1.165, 1.54) is 38.1 Å². The number of rotatable bonds is 4. The Morgan fingerprint density at radius 1 is 0.840 bits per heavy atom. The van der Waals surface area contributed by atoms with Crippen LogP contribution in [0.25, 0.3) is 0 Å². The summed E-state index contributed by atoms with van der Waals surface area (Å²) in [5.41, 5.74) is 12.8. The van der Waals surface area contributed by atoms with Gasteiger partial charge in [0.1, 0.15) is 0 Å². The molecule has 0 aromatic heterocycles. The van der Waals surface area contributed by atoms with Crippen molar-refractivity contribution < 1.29 is 29.3 Å². The van der Waals surface area contributed by atoms with Crippen LogP contribution in [0.15, 0.2) is 24.3 Å². The van der Waals surface area contributed by atoms with Crippen LogP contribution in [-0.4, -0.2) is 22.2 Å². The van der Waals surface area contributed by atoms with Gasteiger partial charge in [0.25, 0.3) is 0 Å². The first-order chi connectivity index (χ1) is 11.7. The highest BCUT2D eigenvalue weighted by atomic mass is 16.5. The van der Waals surface area contributed by atoms with Gasteiger partial charge in [-0.15, -0.1) is 0 Å². The molecule has 0 heterocycles. The van der Waals surface area contributed by atoms with E-state index in [1.54, 1.807) is 0 Å². The van der Waals surface area contributed by atoms with Crippen molar-refractivity contribution in [3.8, 4) is 23.0 Å². The minimum Gasteiger partial charge on any atom is -0.503 e. The zero-order valence-corrected chi connectivity index (χ0v) is 13.7. The third-order valence-corrected chi connectivity index (χ3v) is 3.24. The summed E-state index contributed by atoms with van der Waals surface area (Å²) < 4.78 is 9.84. The Morgan fingerprint density at radius 3 is 1.52 bits per heavy atom. The molecule has 0 aliphatic carbocycles. The largest absolute Gasteiger partial charge is 0.503 e. The minimum absolute atomic E-state index is 0.0423. The summed E-state index contributed by atoms with van der Waals surface area (Å²) in [4.78, 5) is 22.2. The number of esters is 2. The second kappa shape index (κ2) is 7.00. The smallest absolute Gasteiger partial charge is 0.308 e. The van der Waals surface area contributed by atoms with Gasteiger partial charge in [-0.05, 0) is 41.8 Å². The predicted octanol–water partition coefficient (Wildman–Crippen LogP) is 1.70. The molecule has 0 bridgehead atoms. The van der Waals surface area contributed by atoms with E-state index in [1.807, 2.05) is 0 Å². The molecule has 8 nitrogen and oxygen atoms in total. The van der Waals surface area contributed by atoms with Crippen LogP contribution < -0.4 is 20.9 Å². The first-order valence-electron chi connectivity index (χ1n) is 7.27. The lowest BCUT2D eigenvalue weighted by Gasteiger charge is -2.12. The normalized spacial score (nSPS) is 10.3. The van der Waals surface area contributed by atoms with Crippen molar-refractivity contribution in [2.45, 2.75) is 20.3 Å². The van der Waals surface area contributed by atoms with Crippen LogP contribution >= 0.6 is 0 Å². The van der Waals surface area contributed by atoms with Crippen molar-refractivity contribution in [2.24, 2.45) is 0 Å². The zero-order valence-electron chi connectivity index (χ0n) is 13.7. The highest BCUT2D eigenvalue weighted by Crippen LogP contribution is 2.37. The number of aromatic hydroxyl groups is 2. The monoisotopic (exact) mass is 346 g/mol. The molecule has 2 aromatic rings. The number of nitrogen functional groups attached to an aromatic ring is 2. The van der Waals surface area contributed by atoms with Crippen molar-refractivity contribution in [1.29, 1.82) is 0 Å². The molecule has 0 amide bonds. The van der Waals surface area contributed by atoms with Gasteiger partial charge >= 0.3 is 11.9 Å². The fourth-order valence-electron chi connectivity index (χ4n) is 2.28. The van der Waals surface area contributed by atoms with Gasteiger partial charge in [0.15, 0.2) is 23.0 Å². The first-order valence-corrected chi connectivity index (χ1v) is 7.27. The Balaban J connectivity index is 2.39. The number of hydrogen-bond donors (Lipinski definition) is 4. The molecule has 25 heavy (non-hydrogen) atoms. The Kier molecular flexibility index (Phi) is 5.02. The minimum atomic E-state index is -0.599. The number of phenols is 2. The molecular formula is C17H18N2O6. The molecule has 0 saturated carbocycles. The summed E-state index contributed by atoms with van der Waals surface area (Å²) in [6.45, 7) is 2.41. The van der Waals surface area contributed by atoms with E-state index in [4.69, 9.17) is 20.9 Å². The summed E-state index contributed by atoms with van der Waals surface area (Å²) in [5, 5.41) is 19.7. The van der Waals surface area contributed by atoms with Crippen molar-refractivity contribution >= 4 is 23.3 Å². The maximum Gasteiger partial charge on any atom is 0.308 e. The average molecular weight is 346 g/mol. The van der Waals surface area contributed by atoms with Crippen LogP contribution in [0.3, 0.4) is 0 Å². The van der Waals surface area contributed by atoms with E-state index in [2.05, 4.69) is 0 Å². The summed E-state index contributed by atoms with van der Waals surface area (Å²) in [7, 11) is 0. The van der Waals surface area contributed by atoms with Gasteiger partial charge in [0.2, 0.25) is 0 Å². The molecule has 0 aliphatic heterocycles. The van der Waals surface area contributed by atoms with Crippen LogP contribution in [0.2, 0.25) is 0 Å². The molecule has 132 valence electrons. The molecular weight excluding hydrogens is 328 g/mol. The molecule has 0 radical (unpaired) electrons. The zero-order chi connectivity index (χ0) is 18.7. The quantitative estimate of drug-likeness (QED) is 0.283. The second-order valence-electron chi connectivity index (χ2n) is 5.43. The highest BCUT2D eigenvalue weighted by Gasteiger charge is 2.14. The van der Waals surface area contributed by atoms with Gasteiger partial charge < -0.3 is 31.2 Å². The van der Waals surface area contributed by atoms with Crippen LogP contribution in [0.1, 0.15) is 25.0 Å². The van der Waals surface area contributed by atoms with E-state index in [0.717, 1.165) is 0 Å². The topological polar surface area (TPSA) is 145 Å². The van der Waals surface area contributed by atoms with Gasteiger partial charge in [-0.3, -0.25) is 9.59 Å². The molecule has 0 fully saturated rings. The van der Waals surface area contributed by atoms with Gasteiger partial charge in [-0.2, -0.15) is 0 Å². The van der Waals surface area contributed by atoms with Crippen molar-refractivity contribution in [3.63, 3.8) is 0 Å². The van der Waals surface area contributed by atoms with Crippen LogP contribution in [-0.2, 0) is 16.0 Å². The molecule has 6 N–H and O–H groups in total. The first kappa shape index (κ1) is 17.9. The molecule has 2 rings (SSSR count). The molecule has 8 heteroatoms. The van der Waals surface area contributed by atoms with Crippen molar-refractivity contribution in [1.82, 2.24) is 0 Å². The Bertz CT molecular complexity index is 778. The van der Waals surface area contributed by atoms with Crippen LogP contribution in [0.5, 0.6) is 23.0 Å². The van der Waals surface area contributed by atoms with Gasteiger partial charge in [0, 0.05) is 13.8 Å². The lowest BCUT2D eigenvalue weighted by Crippen LogP contribution is -2.05. The standard InChI is InChI=1S/C17H18N2O6/c1-8(20)24-14-6-10(4-12(18)16(14)22)3-11-5-13(19)17(23)15(7-11)25-9(2)21/h4-7,22-23H,3,18-19H2,1-2H3. The van der Waals surface area contributed by atoms with E-state index >= 15 is 0 Å². The maximum absolute atomic E-state index is 11.1. The van der Waals surface area contributed by atoms with E-state index in [0.29, 0.717) is 11.1 Å². The molecule has 0 saturated heterocycles. The molecule has 0 aliphatic rings. The number of nitrogens with two attached hydrogens (primary N) is 2. The van der Waals surface area contributed by atoms with Crippen LogP contribution in [0.4, 0.5) is 11.4 Å². The molecule has 2 aromatic carbocycles. The van der Waals surface area contributed by atoms with E-state index in [9.17, 15) is 19.8 Å². The predicted molar refractivity (Wildman–Crippen MR) is 90.5 cm³/mol. The summed E-state index contributed by atoms with van der Waals surface area (Å²) in [6.07, 6.45) is 0.275. The summed E-state index contributed by atoms with van der Waals surface area (Å²) in [6, 6.07) is 5.94. The fraction of sp³-hybridized carbons (Fsp3) is 0.176. The lowest BCUT2D eigenvalue weighted by molar-refractivity contribution is -0.132. The third-order valence-electron chi connectivity index (χ3n) is 3.24. The maximum atomic E-state index is 11.1. The van der Waals surface area contributed by atoms with Crippen molar-refractivity contribution in [2.75, 3.05) is 11.5 Å². The lowest BCUT2D eigenvalue weighted by atomic mass is 10.0. The molecule has 0 atom stereocenters. The highest BCUT2D eigenvalue weighted by molar-refractivity contribution is 5.74. The van der Waals surface area contributed by atoms with Gasteiger partial charge in [-0.25, -0.2) is 0 Å². The van der Waals surface area contributed by atoms with Crippen LogP contribution in [0, 0.1) is 0 Å². The second-order valence-corrected chi connectivity index (χ2v) is 5.43. The Morgan fingerprint density at radius 2 is 1.20 bits per heavy atom. The van der Waals surface area contributed by atoms with E-state index in [-0.39, 0.29) is 40.8 Å². The number of carbonyl (C=O) groups excluding carboxylic acids is 2. The van der Waals surface area contributed by atoms with Crippen molar-refractivity contribution in [3.05, 3.63) is 35.4 Å². The summed E-state index contributed by atoms with van der Waals surface area (Å²) >= 11 is 0. The van der Waals surface area contributed by atoms with Gasteiger partial charge in [-0.1, -0.05) is 0 Å². The Labute approximate surface area is 143 Å². The number of phenolic OH excluding ortho intramolecular Hbond substituents is 2. The van der Waals surface area contributed by atoms with E-state index < -0.39 is 11.9 Å². The third kappa shape index (κ3) is 4.31.